The number of hydrogen-bond donors (Lipinski definition) is 0. The molecule has 1 fully saturated rings. The van der Waals surface area contributed by atoms with Crippen LogP contribution in [0.25, 0.3) is 6.08 Å². The van der Waals surface area contributed by atoms with E-state index in [2.05, 4.69) is 6.07 Å². The monoisotopic (exact) mass is 389 g/mol. The van der Waals surface area contributed by atoms with E-state index in [1.165, 1.54) is 22.2 Å². The summed E-state index contributed by atoms with van der Waals surface area (Å²) < 4.78 is 6.36. The molecular formula is C19H16ClNO2S2. The maximum atomic E-state index is 12.1. The number of amides is 1. The van der Waals surface area contributed by atoms with Gasteiger partial charge in [0.1, 0.15) is 16.7 Å². The molecule has 0 N–H and O–H groups in total. The number of carbonyl (C=O) groups excluding carboxylic acids is 1. The van der Waals surface area contributed by atoms with E-state index >= 15 is 0 Å². The van der Waals surface area contributed by atoms with Gasteiger partial charge in [-0.25, -0.2) is 0 Å². The zero-order valence-electron chi connectivity index (χ0n) is 13.8. The van der Waals surface area contributed by atoms with Crippen LogP contribution in [0.4, 0.5) is 0 Å². The minimum absolute atomic E-state index is 0.0918. The number of benzene rings is 2. The van der Waals surface area contributed by atoms with Crippen LogP contribution >= 0.6 is 35.6 Å². The minimum Gasteiger partial charge on any atom is -0.487 e. The van der Waals surface area contributed by atoms with Crippen LogP contribution in [0.5, 0.6) is 5.75 Å². The van der Waals surface area contributed by atoms with Crippen molar-refractivity contribution >= 4 is 51.9 Å². The standard InChI is InChI=1S/C19H16ClNO2S2/c1-12-4-3-5-14(8-12)11-23-16-7-6-13(9-15(16)20)10-17-18(22)21(2)19(24)25-17/h3-10H,11H2,1-2H3. The first kappa shape index (κ1) is 18.0. The largest absolute Gasteiger partial charge is 0.487 e. The molecule has 1 aliphatic heterocycles. The lowest BCUT2D eigenvalue weighted by molar-refractivity contribution is -0.121. The maximum absolute atomic E-state index is 12.1. The SMILES string of the molecule is Cc1cccc(COc2ccc(C=C3SC(=S)N(C)C3=O)cc2Cl)c1. The maximum Gasteiger partial charge on any atom is 0.265 e. The van der Waals surface area contributed by atoms with E-state index in [0.717, 1.165) is 11.1 Å². The van der Waals surface area contributed by atoms with E-state index in [1.54, 1.807) is 19.2 Å². The van der Waals surface area contributed by atoms with E-state index in [1.807, 2.05) is 37.3 Å². The van der Waals surface area contributed by atoms with Gasteiger partial charge in [0.2, 0.25) is 0 Å². The molecule has 0 radical (unpaired) electrons. The van der Waals surface area contributed by atoms with Gasteiger partial charge >= 0.3 is 0 Å². The van der Waals surface area contributed by atoms with E-state index in [0.29, 0.717) is 26.6 Å². The molecule has 0 unspecified atom stereocenters. The highest BCUT2D eigenvalue weighted by Gasteiger charge is 2.28. The average molecular weight is 390 g/mol. The molecule has 0 spiro atoms. The number of thioether (sulfide) groups is 1. The molecular weight excluding hydrogens is 374 g/mol. The van der Waals surface area contributed by atoms with Gasteiger partial charge < -0.3 is 4.74 Å². The highest BCUT2D eigenvalue weighted by Crippen LogP contribution is 2.33. The number of ether oxygens (including phenoxy) is 1. The summed E-state index contributed by atoms with van der Waals surface area (Å²) in [4.78, 5) is 14.1. The Morgan fingerprint density at radius 2 is 2.08 bits per heavy atom. The Bertz CT molecular complexity index is 879. The van der Waals surface area contributed by atoms with E-state index < -0.39 is 0 Å². The summed E-state index contributed by atoms with van der Waals surface area (Å²) >= 11 is 12.7. The molecule has 1 heterocycles. The number of halogens is 1. The fourth-order valence-electron chi connectivity index (χ4n) is 2.38. The fourth-order valence-corrected chi connectivity index (χ4v) is 3.81. The van der Waals surface area contributed by atoms with Crippen molar-refractivity contribution in [3.05, 3.63) is 69.1 Å². The molecule has 25 heavy (non-hydrogen) atoms. The number of thiocarbonyl (C=S) groups is 1. The lowest BCUT2D eigenvalue weighted by atomic mass is 10.1. The molecule has 128 valence electrons. The first-order valence-corrected chi connectivity index (χ1v) is 9.24. The van der Waals surface area contributed by atoms with Crippen molar-refractivity contribution in [2.45, 2.75) is 13.5 Å². The summed E-state index contributed by atoms with van der Waals surface area (Å²) in [6.45, 7) is 2.50. The first-order chi connectivity index (χ1) is 11.9. The quantitative estimate of drug-likeness (QED) is 0.540. The summed E-state index contributed by atoms with van der Waals surface area (Å²) in [5, 5.41) is 0.508. The third-order valence-electron chi connectivity index (χ3n) is 3.72. The molecule has 1 saturated heterocycles. The van der Waals surface area contributed by atoms with Crippen molar-refractivity contribution < 1.29 is 9.53 Å². The molecule has 0 saturated carbocycles. The van der Waals surface area contributed by atoms with Crippen LogP contribution in [0, 0.1) is 6.92 Å². The Labute approximate surface area is 161 Å². The van der Waals surface area contributed by atoms with Crippen molar-refractivity contribution in [1.82, 2.24) is 4.90 Å². The third-order valence-corrected chi connectivity index (χ3v) is 5.50. The molecule has 2 aromatic carbocycles. The number of aryl methyl sites for hydroxylation is 1. The highest BCUT2D eigenvalue weighted by atomic mass is 35.5. The Morgan fingerprint density at radius 3 is 2.72 bits per heavy atom. The molecule has 0 atom stereocenters. The van der Waals surface area contributed by atoms with E-state index in [9.17, 15) is 4.79 Å². The zero-order chi connectivity index (χ0) is 18.0. The van der Waals surface area contributed by atoms with Crippen LogP contribution in [0.1, 0.15) is 16.7 Å². The van der Waals surface area contributed by atoms with E-state index in [-0.39, 0.29) is 5.91 Å². The van der Waals surface area contributed by atoms with Gasteiger partial charge in [-0.05, 0) is 36.3 Å². The van der Waals surface area contributed by atoms with Crippen LogP contribution < -0.4 is 4.74 Å². The molecule has 0 aliphatic carbocycles. The van der Waals surface area contributed by atoms with Crippen LogP contribution in [0.15, 0.2) is 47.4 Å². The predicted octanol–water partition coefficient (Wildman–Crippen LogP) is 5.06. The lowest BCUT2D eigenvalue weighted by Gasteiger charge is -2.09. The highest BCUT2D eigenvalue weighted by molar-refractivity contribution is 8.26. The number of likely N-dealkylation sites (N-methyl/N-ethyl adjacent to an activating group) is 1. The van der Waals surface area contributed by atoms with Gasteiger partial charge in [-0.3, -0.25) is 9.69 Å². The van der Waals surface area contributed by atoms with Gasteiger partial charge in [0.15, 0.2) is 0 Å². The zero-order valence-corrected chi connectivity index (χ0v) is 16.2. The first-order valence-electron chi connectivity index (χ1n) is 7.63. The number of carbonyl (C=O) groups is 1. The smallest absolute Gasteiger partial charge is 0.265 e. The minimum atomic E-state index is -0.0918. The van der Waals surface area contributed by atoms with Gasteiger partial charge in [-0.15, -0.1) is 0 Å². The Kier molecular flexibility index (Phi) is 5.47. The molecule has 0 aromatic heterocycles. The Morgan fingerprint density at radius 1 is 1.28 bits per heavy atom. The van der Waals surface area contributed by atoms with E-state index in [4.69, 9.17) is 28.6 Å². The average Bonchev–Trinajstić information content (AvgIpc) is 2.81. The normalized spacial score (nSPS) is 16.0. The van der Waals surface area contributed by atoms with Gasteiger partial charge in [-0.1, -0.05) is 71.5 Å². The van der Waals surface area contributed by atoms with Crippen LogP contribution in [0.3, 0.4) is 0 Å². The van der Waals surface area contributed by atoms with Crippen molar-refractivity contribution in [1.29, 1.82) is 0 Å². The fraction of sp³-hybridized carbons (Fsp3) is 0.158. The molecule has 3 rings (SSSR count). The van der Waals surface area contributed by atoms with Crippen LogP contribution in [-0.4, -0.2) is 22.2 Å². The summed E-state index contributed by atoms with van der Waals surface area (Å²) in [5.41, 5.74) is 3.12. The molecule has 2 aromatic rings. The number of hydrogen-bond acceptors (Lipinski definition) is 4. The second-order valence-corrected chi connectivity index (χ2v) is 7.79. The predicted molar refractivity (Wildman–Crippen MR) is 108 cm³/mol. The van der Waals surface area contributed by atoms with Gasteiger partial charge in [0.25, 0.3) is 5.91 Å². The molecule has 1 aliphatic rings. The van der Waals surface area contributed by atoms with Gasteiger partial charge in [-0.2, -0.15) is 0 Å². The van der Waals surface area contributed by atoms with Crippen molar-refractivity contribution in [2.24, 2.45) is 0 Å². The summed E-state index contributed by atoms with van der Waals surface area (Å²) in [6, 6.07) is 13.6. The number of rotatable bonds is 4. The van der Waals surface area contributed by atoms with Crippen LogP contribution in [-0.2, 0) is 11.4 Å². The molecule has 0 bridgehead atoms. The molecule has 1 amide bonds. The third kappa shape index (κ3) is 4.24. The lowest BCUT2D eigenvalue weighted by Crippen LogP contribution is -2.22. The Balaban J connectivity index is 1.73. The molecule has 6 heteroatoms. The topological polar surface area (TPSA) is 29.5 Å². The van der Waals surface area contributed by atoms with Crippen LogP contribution in [0.2, 0.25) is 5.02 Å². The molecule has 3 nitrogen and oxygen atoms in total. The second kappa shape index (κ2) is 7.60. The number of nitrogens with zero attached hydrogens (tertiary/aromatic N) is 1. The summed E-state index contributed by atoms with van der Waals surface area (Å²) in [6.07, 6.45) is 1.79. The van der Waals surface area contributed by atoms with Gasteiger partial charge in [0.05, 0.1) is 9.93 Å². The van der Waals surface area contributed by atoms with Crippen molar-refractivity contribution in [3.63, 3.8) is 0 Å². The second-order valence-electron chi connectivity index (χ2n) is 5.71. The summed E-state index contributed by atoms with van der Waals surface area (Å²) in [5.74, 6) is 0.522. The van der Waals surface area contributed by atoms with Crippen molar-refractivity contribution in [3.8, 4) is 5.75 Å². The summed E-state index contributed by atoms with van der Waals surface area (Å²) in [7, 11) is 1.67. The van der Waals surface area contributed by atoms with Crippen molar-refractivity contribution in [2.75, 3.05) is 7.05 Å². The van der Waals surface area contributed by atoms with Gasteiger partial charge in [0, 0.05) is 7.05 Å². The Hall–Kier alpha value is -1.82.